The molecule has 0 unspecified atom stereocenters. The summed E-state index contributed by atoms with van der Waals surface area (Å²) in [5.41, 5.74) is 1.60. The highest BCUT2D eigenvalue weighted by atomic mass is 32.1. The quantitative estimate of drug-likeness (QED) is 0.529. The highest BCUT2D eigenvalue weighted by Crippen LogP contribution is 2.37. The number of ether oxygens (including phenoxy) is 2. The molecule has 1 heterocycles. The van der Waals surface area contributed by atoms with Crippen molar-refractivity contribution < 1.29 is 32.5 Å². The van der Waals surface area contributed by atoms with E-state index in [1.165, 1.54) is 13.2 Å². The summed E-state index contributed by atoms with van der Waals surface area (Å²) >= 11 is 0.991. The number of aliphatic carboxylic acids is 1. The Bertz CT molecular complexity index is 1060. The summed E-state index contributed by atoms with van der Waals surface area (Å²) in [6.07, 6.45) is -0.259. The van der Waals surface area contributed by atoms with Gasteiger partial charge in [-0.2, -0.15) is 4.37 Å². The van der Waals surface area contributed by atoms with Gasteiger partial charge in [-0.1, -0.05) is 12.1 Å². The maximum Gasteiger partial charge on any atom is 0.303 e. The van der Waals surface area contributed by atoms with Gasteiger partial charge in [0.25, 0.3) is 0 Å². The van der Waals surface area contributed by atoms with Gasteiger partial charge in [-0.15, -0.1) is 0 Å². The third-order valence-corrected chi connectivity index (χ3v) is 5.27. The molecule has 5 nitrogen and oxygen atoms in total. The molecular weight excluding hydrogens is 419 g/mol. The maximum atomic E-state index is 14.4. The fraction of sp³-hybridized carbons (Fsp3) is 0.238. The molecule has 1 aromatic heterocycles. The molecule has 0 atom stereocenters. The first kappa shape index (κ1) is 21.6. The fourth-order valence-electron chi connectivity index (χ4n) is 2.89. The Morgan fingerprint density at radius 3 is 2.43 bits per heavy atom. The van der Waals surface area contributed by atoms with Crippen LogP contribution in [0, 0.1) is 24.4 Å². The smallest absolute Gasteiger partial charge is 0.303 e. The van der Waals surface area contributed by atoms with Gasteiger partial charge in [0.1, 0.15) is 12.4 Å². The predicted octanol–water partition coefficient (Wildman–Crippen LogP) is 5.14. The van der Waals surface area contributed by atoms with Crippen LogP contribution in [0.15, 0.2) is 30.3 Å². The minimum atomic E-state index is -1.07. The number of carbonyl (C=O) groups is 1. The molecule has 3 rings (SSSR count). The van der Waals surface area contributed by atoms with Crippen molar-refractivity contribution in [2.75, 3.05) is 7.11 Å². The first-order valence-electron chi connectivity index (χ1n) is 8.91. The lowest BCUT2D eigenvalue weighted by molar-refractivity contribution is -0.136. The Hall–Kier alpha value is -3.07. The molecule has 0 amide bonds. The molecule has 30 heavy (non-hydrogen) atoms. The SMILES string of the molecule is COc1nsc(-c2ccc(C)cc2F)c1COc1c(F)cc(CCC(=O)O)cc1F. The molecule has 0 saturated heterocycles. The van der Waals surface area contributed by atoms with Crippen LogP contribution in [0.25, 0.3) is 10.4 Å². The molecule has 158 valence electrons. The van der Waals surface area contributed by atoms with Gasteiger partial charge in [-0.05, 0) is 54.2 Å². The number of methoxy groups -OCH3 is 1. The topological polar surface area (TPSA) is 68.7 Å². The molecule has 0 spiro atoms. The average molecular weight is 437 g/mol. The van der Waals surface area contributed by atoms with E-state index in [9.17, 15) is 18.0 Å². The number of nitrogens with zero attached hydrogens (tertiary/aromatic N) is 1. The standard InChI is InChI=1S/C21H18F3NO4S/c1-11-3-5-13(15(22)7-11)20-14(21(28-2)25-30-20)10-29-19-16(23)8-12(9-17(19)24)4-6-18(26)27/h3,5,7-9H,4,6,10H2,1-2H3,(H,26,27). The van der Waals surface area contributed by atoms with Crippen LogP contribution in [0.4, 0.5) is 13.2 Å². The van der Waals surface area contributed by atoms with Crippen LogP contribution in [0.1, 0.15) is 23.1 Å². The van der Waals surface area contributed by atoms with E-state index in [4.69, 9.17) is 14.6 Å². The van der Waals surface area contributed by atoms with E-state index >= 15 is 0 Å². The lowest BCUT2D eigenvalue weighted by Gasteiger charge is -2.12. The van der Waals surface area contributed by atoms with Crippen molar-refractivity contribution in [1.82, 2.24) is 4.37 Å². The van der Waals surface area contributed by atoms with Gasteiger partial charge in [0, 0.05) is 12.0 Å². The number of aromatic nitrogens is 1. The predicted molar refractivity (Wildman–Crippen MR) is 105 cm³/mol. The van der Waals surface area contributed by atoms with Crippen LogP contribution in [0.3, 0.4) is 0 Å². The van der Waals surface area contributed by atoms with Crippen molar-refractivity contribution in [2.45, 2.75) is 26.4 Å². The third kappa shape index (κ3) is 4.73. The van der Waals surface area contributed by atoms with E-state index < -0.39 is 29.2 Å². The second kappa shape index (κ2) is 9.17. The molecular formula is C21H18F3NO4S. The highest BCUT2D eigenvalue weighted by molar-refractivity contribution is 7.10. The number of aryl methyl sites for hydroxylation is 2. The van der Waals surface area contributed by atoms with Crippen LogP contribution >= 0.6 is 11.5 Å². The summed E-state index contributed by atoms with van der Waals surface area (Å²) in [7, 11) is 1.38. The molecule has 0 saturated carbocycles. The molecule has 0 aliphatic carbocycles. The van der Waals surface area contributed by atoms with E-state index in [-0.39, 0.29) is 36.5 Å². The number of rotatable bonds is 8. The molecule has 0 bridgehead atoms. The number of hydrogen-bond donors (Lipinski definition) is 1. The van der Waals surface area contributed by atoms with Crippen LogP contribution in [-0.4, -0.2) is 22.6 Å². The minimum Gasteiger partial charge on any atom is -0.483 e. The van der Waals surface area contributed by atoms with Crippen molar-refractivity contribution in [2.24, 2.45) is 0 Å². The van der Waals surface area contributed by atoms with E-state index in [1.54, 1.807) is 19.1 Å². The maximum absolute atomic E-state index is 14.4. The molecule has 1 N–H and O–H groups in total. The molecule has 0 aliphatic rings. The van der Waals surface area contributed by atoms with Gasteiger partial charge >= 0.3 is 5.97 Å². The monoisotopic (exact) mass is 437 g/mol. The first-order chi connectivity index (χ1) is 14.3. The highest BCUT2D eigenvalue weighted by Gasteiger charge is 2.21. The van der Waals surface area contributed by atoms with E-state index in [1.807, 2.05) is 0 Å². The zero-order valence-electron chi connectivity index (χ0n) is 16.2. The number of benzene rings is 2. The zero-order valence-corrected chi connectivity index (χ0v) is 17.0. The van der Waals surface area contributed by atoms with E-state index in [0.29, 0.717) is 10.4 Å². The Morgan fingerprint density at radius 2 is 1.83 bits per heavy atom. The largest absolute Gasteiger partial charge is 0.483 e. The number of carboxylic acids is 1. The lowest BCUT2D eigenvalue weighted by Crippen LogP contribution is -2.04. The van der Waals surface area contributed by atoms with Crippen molar-refractivity contribution in [3.8, 4) is 22.1 Å². The Balaban J connectivity index is 1.87. The molecule has 9 heteroatoms. The summed E-state index contributed by atoms with van der Waals surface area (Å²) in [6.45, 7) is 1.46. The fourth-order valence-corrected chi connectivity index (χ4v) is 3.77. The second-order valence-corrected chi connectivity index (χ2v) is 7.33. The minimum absolute atomic E-state index is 0.0113. The van der Waals surface area contributed by atoms with Gasteiger partial charge in [-0.25, -0.2) is 13.2 Å². The third-order valence-electron chi connectivity index (χ3n) is 4.36. The summed E-state index contributed by atoms with van der Waals surface area (Å²) in [4.78, 5) is 11.1. The van der Waals surface area contributed by atoms with E-state index in [0.717, 1.165) is 29.2 Å². The second-order valence-electron chi connectivity index (χ2n) is 6.55. The van der Waals surface area contributed by atoms with Crippen LogP contribution < -0.4 is 9.47 Å². The number of halogens is 3. The zero-order chi connectivity index (χ0) is 21.8. The normalized spacial score (nSPS) is 10.8. The van der Waals surface area contributed by atoms with Gasteiger partial charge in [-0.3, -0.25) is 4.79 Å². The molecule has 2 aromatic carbocycles. The molecule has 0 aliphatic heterocycles. The number of carboxylic acid groups (broad SMARTS) is 1. The van der Waals surface area contributed by atoms with Crippen molar-refractivity contribution in [3.63, 3.8) is 0 Å². The number of hydrogen-bond acceptors (Lipinski definition) is 5. The van der Waals surface area contributed by atoms with Gasteiger partial charge in [0.05, 0.1) is 17.6 Å². The van der Waals surface area contributed by atoms with Crippen LogP contribution in [0.5, 0.6) is 11.6 Å². The van der Waals surface area contributed by atoms with E-state index in [2.05, 4.69) is 4.37 Å². The molecule has 0 radical (unpaired) electrons. The molecule has 3 aromatic rings. The summed E-state index contributed by atoms with van der Waals surface area (Å²) in [5.74, 6) is -3.88. The summed E-state index contributed by atoms with van der Waals surface area (Å²) in [5, 5.41) is 8.71. The average Bonchev–Trinajstić information content (AvgIpc) is 3.08. The van der Waals surface area contributed by atoms with Gasteiger partial charge in [0.2, 0.25) is 5.88 Å². The van der Waals surface area contributed by atoms with Crippen molar-refractivity contribution in [1.29, 1.82) is 0 Å². The van der Waals surface area contributed by atoms with Crippen LogP contribution in [0.2, 0.25) is 0 Å². The summed E-state index contributed by atoms with van der Waals surface area (Å²) in [6, 6.07) is 6.78. The van der Waals surface area contributed by atoms with Crippen molar-refractivity contribution in [3.05, 3.63) is 64.5 Å². The Morgan fingerprint density at radius 1 is 1.13 bits per heavy atom. The van der Waals surface area contributed by atoms with Crippen LogP contribution in [-0.2, 0) is 17.8 Å². The van der Waals surface area contributed by atoms with Gasteiger partial charge in [0.15, 0.2) is 17.4 Å². The first-order valence-corrected chi connectivity index (χ1v) is 9.69. The lowest BCUT2D eigenvalue weighted by atomic mass is 10.1. The van der Waals surface area contributed by atoms with Gasteiger partial charge < -0.3 is 14.6 Å². The summed E-state index contributed by atoms with van der Waals surface area (Å²) < 4.78 is 57.8. The Kier molecular flexibility index (Phi) is 6.61. The molecule has 0 fully saturated rings. The Labute approximate surface area is 174 Å². The van der Waals surface area contributed by atoms with Crippen molar-refractivity contribution >= 4 is 17.5 Å².